The summed E-state index contributed by atoms with van der Waals surface area (Å²) in [7, 11) is 1.95. The van der Waals surface area contributed by atoms with Gasteiger partial charge in [0.25, 0.3) is 0 Å². The van der Waals surface area contributed by atoms with Gasteiger partial charge in [0.15, 0.2) is 0 Å². The number of nitrogens with zero attached hydrogens (tertiary/aromatic N) is 2. The van der Waals surface area contributed by atoms with Crippen LogP contribution in [0.2, 0.25) is 0 Å². The maximum atomic E-state index is 8.75. The standard InChI is InChI=1S/C6H14N2O3/c1-7-2-4-8(5-3-7)6(9,10)11/h9-11H,2-5H2,1H3. The van der Waals surface area contributed by atoms with Gasteiger partial charge in [-0.3, -0.25) is 0 Å². The molecule has 0 aromatic heterocycles. The predicted octanol–water partition coefficient (Wildman–Crippen LogP) is -2.18. The Morgan fingerprint density at radius 3 is 1.82 bits per heavy atom. The Kier molecular flexibility index (Phi) is 2.46. The van der Waals surface area contributed by atoms with E-state index in [1.807, 2.05) is 7.05 Å². The van der Waals surface area contributed by atoms with Crippen LogP contribution in [0.25, 0.3) is 0 Å². The van der Waals surface area contributed by atoms with E-state index in [4.69, 9.17) is 15.3 Å². The van der Waals surface area contributed by atoms with E-state index in [0.29, 0.717) is 13.1 Å². The van der Waals surface area contributed by atoms with Crippen molar-refractivity contribution in [3.8, 4) is 0 Å². The molecular weight excluding hydrogens is 148 g/mol. The van der Waals surface area contributed by atoms with E-state index in [0.717, 1.165) is 13.1 Å². The summed E-state index contributed by atoms with van der Waals surface area (Å²) < 4.78 is 0. The lowest BCUT2D eigenvalue weighted by molar-refractivity contribution is -0.396. The van der Waals surface area contributed by atoms with Crippen LogP contribution in [0.5, 0.6) is 0 Å². The van der Waals surface area contributed by atoms with Gasteiger partial charge in [-0.2, -0.15) is 0 Å². The minimum atomic E-state index is -2.64. The average Bonchev–Trinajstić information content (AvgIpc) is 1.86. The van der Waals surface area contributed by atoms with Gasteiger partial charge in [0.1, 0.15) is 0 Å². The summed E-state index contributed by atoms with van der Waals surface area (Å²) in [6.45, 7) is 2.42. The van der Waals surface area contributed by atoms with E-state index in [2.05, 4.69) is 4.90 Å². The lowest BCUT2D eigenvalue weighted by Crippen LogP contribution is -2.56. The summed E-state index contributed by atoms with van der Waals surface area (Å²) in [5.41, 5.74) is 0. The third-order valence-corrected chi connectivity index (χ3v) is 1.93. The van der Waals surface area contributed by atoms with Gasteiger partial charge in [0.05, 0.1) is 0 Å². The Balaban J connectivity index is 2.39. The highest BCUT2D eigenvalue weighted by Crippen LogP contribution is 2.07. The summed E-state index contributed by atoms with van der Waals surface area (Å²) in [4.78, 5) is 3.27. The summed E-state index contributed by atoms with van der Waals surface area (Å²) in [5, 5.41) is 26.2. The van der Waals surface area contributed by atoms with Crippen LogP contribution in [0.4, 0.5) is 0 Å². The second kappa shape index (κ2) is 3.04. The number of hydrogen-bond acceptors (Lipinski definition) is 5. The molecule has 0 unspecified atom stereocenters. The van der Waals surface area contributed by atoms with Crippen molar-refractivity contribution in [2.75, 3.05) is 33.2 Å². The molecule has 0 atom stereocenters. The molecule has 0 aliphatic carbocycles. The van der Waals surface area contributed by atoms with Gasteiger partial charge in [-0.05, 0) is 7.05 Å². The normalized spacial score (nSPS) is 24.0. The van der Waals surface area contributed by atoms with Crippen LogP contribution in [-0.2, 0) is 0 Å². The second-order valence-electron chi connectivity index (χ2n) is 2.89. The Labute approximate surface area is 65.5 Å². The van der Waals surface area contributed by atoms with Gasteiger partial charge in [0, 0.05) is 26.2 Å². The number of piperazine rings is 1. The van der Waals surface area contributed by atoms with Crippen molar-refractivity contribution in [3.05, 3.63) is 0 Å². The summed E-state index contributed by atoms with van der Waals surface area (Å²) >= 11 is 0. The molecular formula is C6H14N2O3. The van der Waals surface area contributed by atoms with Crippen molar-refractivity contribution in [2.24, 2.45) is 0 Å². The molecule has 1 rings (SSSR count). The third kappa shape index (κ3) is 2.39. The Morgan fingerprint density at radius 1 is 1.00 bits per heavy atom. The highest BCUT2D eigenvalue weighted by Gasteiger charge is 2.30. The van der Waals surface area contributed by atoms with E-state index in [-0.39, 0.29) is 0 Å². The summed E-state index contributed by atoms with van der Waals surface area (Å²) in [6, 6.07) is 0. The fourth-order valence-electron chi connectivity index (χ4n) is 1.11. The minimum Gasteiger partial charge on any atom is -0.330 e. The van der Waals surface area contributed by atoms with Crippen molar-refractivity contribution >= 4 is 0 Å². The van der Waals surface area contributed by atoms with Gasteiger partial charge in [-0.25, -0.2) is 4.90 Å². The van der Waals surface area contributed by atoms with Crippen molar-refractivity contribution in [3.63, 3.8) is 0 Å². The second-order valence-corrected chi connectivity index (χ2v) is 2.89. The lowest BCUT2D eigenvalue weighted by atomic mass is 10.3. The lowest BCUT2D eigenvalue weighted by Gasteiger charge is -2.36. The van der Waals surface area contributed by atoms with Gasteiger partial charge >= 0.3 is 6.10 Å². The first-order valence-corrected chi connectivity index (χ1v) is 3.61. The Morgan fingerprint density at radius 2 is 1.45 bits per heavy atom. The maximum absolute atomic E-state index is 8.75. The maximum Gasteiger partial charge on any atom is 0.345 e. The molecule has 1 heterocycles. The number of rotatable bonds is 1. The highest BCUT2D eigenvalue weighted by molar-refractivity contribution is 4.69. The number of hydrogen-bond donors (Lipinski definition) is 3. The van der Waals surface area contributed by atoms with Crippen molar-refractivity contribution in [2.45, 2.75) is 6.10 Å². The van der Waals surface area contributed by atoms with E-state index in [9.17, 15) is 0 Å². The third-order valence-electron chi connectivity index (χ3n) is 1.93. The predicted molar refractivity (Wildman–Crippen MR) is 38.5 cm³/mol. The summed E-state index contributed by atoms with van der Waals surface area (Å²) in [6.07, 6.45) is -2.64. The minimum absolute atomic E-state index is 0.472. The summed E-state index contributed by atoms with van der Waals surface area (Å²) in [5.74, 6) is 0. The van der Waals surface area contributed by atoms with E-state index >= 15 is 0 Å². The Bertz CT molecular complexity index is 126. The smallest absolute Gasteiger partial charge is 0.330 e. The first kappa shape index (κ1) is 8.89. The molecule has 0 radical (unpaired) electrons. The van der Waals surface area contributed by atoms with Crippen LogP contribution in [-0.4, -0.2) is 64.4 Å². The molecule has 11 heavy (non-hydrogen) atoms. The molecule has 5 heteroatoms. The molecule has 0 amide bonds. The monoisotopic (exact) mass is 162 g/mol. The Hall–Kier alpha value is -0.200. The van der Waals surface area contributed by atoms with Gasteiger partial charge in [0.2, 0.25) is 0 Å². The first-order valence-electron chi connectivity index (χ1n) is 3.61. The van der Waals surface area contributed by atoms with Gasteiger partial charge in [-0.15, -0.1) is 0 Å². The van der Waals surface area contributed by atoms with Crippen LogP contribution >= 0.6 is 0 Å². The van der Waals surface area contributed by atoms with Crippen molar-refractivity contribution in [1.82, 2.24) is 9.80 Å². The molecule has 0 aromatic rings. The molecule has 1 aliphatic rings. The largest absolute Gasteiger partial charge is 0.345 e. The molecule has 0 saturated carbocycles. The zero-order valence-corrected chi connectivity index (χ0v) is 6.56. The van der Waals surface area contributed by atoms with Crippen LogP contribution in [0, 0.1) is 0 Å². The van der Waals surface area contributed by atoms with Gasteiger partial charge in [-0.1, -0.05) is 0 Å². The SMILES string of the molecule is CN1CCN(C(O)(O)O)CC1. The topological polar surface area (TPSA) is 67.2 Å². The van der Waals surface area contributed by atoms with Crippen LogP contribution in [0.15, 0.2) is 0 Å². The van der Waals surface area contributed by atoms with Crippen LogP contribution in [0.3, 0.4) is 0 Å². The van der Waals surface area contributed by atoms with Crippen molar-refractivity contribution < 1.29 is 15.3 Å². The van der Waals surface area contributed by atoms with E-state index in [1.54, 1.807) is 0 Å². The number of aliphatic hydroxyl groups is 3. The van der Waals surface area contributed by atoms with E-state index in [1.165, 1.54) is 4.90 Å². The molecule has 66 valence electrons. The molecule has 3 N–H and O–H groups in total. The molecule has 0 aromatic carbocycles. The van der Waals surface area contributed by atoms with E-state index < -0.39 is 6.10 Å². The molecule has 1 fully saturated rings. The quantitative estimate of drug-likeness (QED) is 0.383. The molecule has 1 aliphatic heterocycles. The molecule has 0 bridgehead atoms. The first-order chi connectivity index (χ1) is 5.00. The fraction of sp³-hybridized carbons (Fsp3) is 1.00. The van der Waals surface area contributed by atoms with Crippen LogP contribution in [0.1, 0.15) is 0 Å². The highest BCUT2D eigenvalue weighted by atomic mass is 16.7. The van der Waals surface area contributed by atoms with Crippen molar-refractivity contribution in [1.29, 1.82) is 0 Å². The zero-order chi connectivity index (χ0) is 8.48. The molecule has 0 spiro atoms. The average molecular weight is 162 g/mol. The molecule has 5 nitrogen and oxygen atoms in total. The fourth-order valence-corrected chi connectivity index (χ4v) is 1.11. The van der Waals surface area contributed by atoms with Gasteiger partial charge < -0.3 is 20.2 Å². The molecule has 1 saturated heterocycles. The zero-order valence-electron chi connectivity index (χ0n) is 6.56. The van der Waals surface area contributed by atoms with Crippen LogP contribution < -0.4 is 0 Å². The number of likely N-dealkylation sites (N-methyl/N-ethyl adjacent to an activating group) is 1.